The van der Waals surface area contributed by atoms with E-state index >= 15 is 0 Å². The van der Waals surface area contributed by atoms with Crippen molar-refractivity contribution in [3.63, 3.8) is 0 Å². The third kappa shape index (κ3) is 4.32. The highest BCUT2D eigenvalue weighted by atomic mass is 28.4. The Morgan fingerprint density at radius 3 is 2.58 bits per heavy atom. The quantitative estimate of drug-likeness (QED) is 0.213. The van der Waals surface area contributed by atoms with Crippen LogP contribution < -0.4 is 0 Å². The van der Waals surface area contributed by atoms with Gasteiger partial charge in [-0.3, -0.25) is 9.59 Å². The molecular formula is C27H44O5Si. The fourth-order valence-corrected chi connectivity index (χ4v) is 10.2. The van der Waals surface area contributed by atoms with Gasteiger partial charge < -0.3 is 14.3 Å². The second kappa shape index (κ2) is 10.6. The first kappa shape index (κ1) is 26.4. The number of rotatable bonds is 13. The summed E-state index contributed by atoms with van der Waals surface area (Å²) in [5.74, 6) is 0.783. The van der Waals surface area contributed by atoms with Gasteiger partial charge >= 0.3 is 5.97 Å². The lowest BCUT2D eigenvalue weighted by Gasteiger charge is -2.61. The van der Waals surface area contributed by atoms with Crippen molar-refractivity contribution in [2.24, 2.45) is 23.2 Å². The molecule has 5 nitrogen and oxygen atoms in total. The number of carbonyl (C=O) groups excluding carboxylic acids is 2. The van der Waals surface area contributed by atoms with Crippen LogP contribution in [0.4, 0.5) is 0 Å². The molecule has 186 valence electrons. The summed E-state index contributed by atoms with van der Waals surface area (Å²) in [6.45, 7) is 8.95. The van der Waals surface area contributed by atoms with Gasteiger partial charge in [-0.05, 0) is 73.7 Å². The molecule has 0 bridgehead atoms. The van der Waals surface area contributed by atoms with Crippen molar-refractivity contribution in [1.82, 2.24) is 0 Å². The Balaban J connectivity index is 1.92. The van der Waals surface area contributed by atoms with Crippen LogP contribution in [-0.4, -0.2) is 44.0 Å². The highest BCUT2D eigenvalue weighted by Crippen LogP contribution is 2.74. The number of unbranched alkanes of at least 4 members (excludes halogenated alkanes) is 1. The minimum Gasteiger partial charge on any atom is -0.469 e. The highest BCUT2D eigenvalue weighted by molar-refractivity contribution is 6.73. The molecule has 0 aromatic carbocycles. The molecular weight excluding hydrogens is 432 g/mol. The lowest BCUT2D eigenvalue weighted by atomic mass is 9.43. The standard InChI is InChI=1S/C27H44O5Si/c1-6-10-11-21-22(14-12-20(28)13-15-25(30)31-5)27-23(21)16-18-26(27,19-17-24(27)29)32-33(7-2,8-3)9-4/h12,14,17,19-23,28H,6-11,13,15-16,18H2,1-5H3/b14-12+/t20-,21-,22+,23+,26-,27-/m0/s1. The molecule has 0 aliphatic heterocycles. The van der Waals surface area contributed by atoms with Crippen LogP contribution in [0.25, 0.3) is 0 Å². The van der Waals surface area contributed by atoms with Crippen molar-refractivity contribution in [2.75, 3.05) is 7.11 Å². The molecule has 0 radical (unpaired) electrons. The summed E-state index contributed by atoms with van der Waals surface area (Å²) < 4.78 is 11.9. The summed E-state index contributed by atoms with van der Waals surface area (Å²) in [6, 6.07) is 3.20. The molecule has 3 aliphatic carbocycles. The van der Waals surface area contributed by atoms with Crippen LogP contribution >= 0.6 is 0 Å². The number of aliphatic hydroxyl groups is 1. The first-order valence-corrected chi connectivity index (χ1v) is 15.7. The summed E-state index contributed by atoms with van der Waals surface area (Å²) in [5, 5.41) is 10.5. The summed E-state index contributed by atoms with van der Waals surface area (Å²) in [6.07, 6.45) is 13.0. The zero-order chi connectivity index (χ0) is 24.3. The van der Waals surface area contributed by atoms with Gasteiger partial charge in [0.1, 0.15) is 0 Å². The van der Waals surface area contributed by atoms with Gasteiger partial charge in [0, 0.05) is 6.42 Å². The molecule has 1 spiro atoms. The second-order valence-electron chi connectivity index (χ2n) is 10.3. The van der Waals surface area contributed by atoms with Crippen molar-refractivity contribution < 1.29 is 23.9 Å². The molecule has 6 heteroatoms. The molecule has 0 aromatic rings. The number of ketones is 1. The Morgan fingerprint density at radius 2 is 1.97 bits per heavy atom. The normalized spacial score (nSPS) is 33.8. The Hall–Kier alpha value is -1.24. The van der Waals surface area contributed by atoms with E-state index in [1.54, 1.807) is 6.08 Å². The van der Waals surface area contributed by atoms with E-state index in [0.29, 0.717) is 18.3 Å². The van der Waals surface area contributed by atoms with Gasteiger partial charge in [0.2, 0.25) is 0 Å². The Kier molecular flexibility index (Phi) is 8.45. The van der Waals surface area contributed by atoms with E-state index in [4.69, 9.17) is 9.16 Å². The first-order chi connectivity index (χ1) is 15.8. The van der Waals surface area contributed by atoms with Crippen LogP contribution in [0.3, 0.4) is 0 Å². The molecule has 6 atom stereocenters. The van der Waals surface area contributed by atoms with Crippen molar-refractivity contribution in [3.8, 4) is 0 Å². The molecule has 1 N–H and O–H groups in total. The summed E-state index contributed by atoms with van der Waals surface area (Å²) in [7, 11) is -0.567. The molecule has 0 saturated heterocycles. The van der Waals surface area contributed by atoms with Gasteiger partial charge in [-0.1, -0.05) is 52.7 Å². The molecule has 3 aliphatic rings. The predicted octanol–water partition coefficient (Wildman–Crippen LogP) is 5.59. The number of ether oxygens (including phenoxy) is 1. The summed E-state index contributed by atoms with van der Waals surface area (Å²) in [4.78, 5) is 25.1. The summed E-state index contributed by atoms with van der Waals surface area (Å²) >= 11 is 0. The Morgan fingerprint density at radius 1 is 1.27 bits per heavy atom. The fourth-order valence-electron chi connectivity index (χ4n) is 7.14. The predicted molar refractivity (Wildman–Crippen MR) is 133 cm³/mol. The average Bonchev–Trinajstić information content (AvgIpc) is 3.27. The first-order valence-electron chi connectivity index (χ1n) is 13.2. The van der Waals surface area contributed by atoms with Crippen molar-refractivity contribution in [2.45, 2.75) is 102 Å². The smallest absolute Gasteiger partial charge is 0.305 e. The number of carbonyl (C=O) groups is 2. The van der Waals surface area contributed by atoms with E-state index in [0.717, 1.165) is 50.2 Å². The maximum Gasteiger partial charge on any atom is 0.305 e. The molecule has 0 aromatic heterocycles. The number of allylic oxidation sites excluding steroid dienone is 2. The number of esters is 1. The minimum absolute atomic E-state index is 0.0732. The lowest BCUT2D eigenvalue weighted by molar-refractivity contribution is -0.172. The second-order valence-corrected chi connectivity index (χ2v) is 15.0. The lowest BCUT2D eigenvalue weighted by Crippen LogP contribution is -2.66. The summed E-state index contributed by atoms with van der Waals surface area (Å²) in [5.41, 5.74) is -1.00. The maximum absolute atomic E-state index is 13.6. The molecule has 3 rings (SSSR count). The molecule has 2 saturated carbocycles. The Labute approximate surface area is 201 Å². The molecule has 33 heavy (non-hydrogen) atoms. The third-order valence-corrected chi connectivity index (χ3v) is 13.8. The van der Waals surface area contributed by atoms with Crippen molar-refractivity contribution >= 4 is 20.1 Å². The molecule has 0 unspecified atom stereocenters. The van der Waals surface area contributed by atoms with Crippen LogP contribution in [0.15, 0.2) is 24.3 Å². The van der Waals surface area contributed by atoms with Gasteiger partial charge in [0.05, 0.1) is 24.2 Å². The van der Waals surface area contributed by atoms with Gasteiger partial charge in [-0.2, -0.15) is 0 Å². The van der Waals surface area contributed by atoms with Crippen molar-refractivity contribution in [1.29, 1.82) is 0 Å². The Bertz CT molecular complexity index is 764. The highest BCUT2D eigenvalue weighted by Gasteiger charge is 2.77. The monoisotopic (exact) mass is 476 g/mol. The topological polar surface area (TPSA) is 72.8 Å². The average molecular weight is 477 g/mol. The fraction of sp³-hybridized carbons (Fsp3) is 0.778. The molecule has 2 fully saturated rings. The zero-order valence-corrected chi connectivity index (χ0v) is 22.3. The van der Waals surface area contributed by atoms with Crippen molar-refractivity contribution in [3.05, 3.63) is 24.3 Å². The molecule has 0 heterocycles. The van der Waals surface area contributed by atoms with E-state index in [2.05, 4.69) is 39.8 Å². The van der Waals surface area contributed by atoms with Crippen LogP contribution in [0, 0.1) is 23.2 Å². The van der Waals surface area contributed by atoms with Crippen LogP contribution in [0.2, 0.25) is 18.1 Å². The van der Waals surface area contributed by atoms with E-state index in [-0.39, 0.29) is 24.1 Å². The van der Waals surface area contributed by atoms with Crippen LogP contribution in [0.1, 0.15) is 72.6 Å². The van der Waals surface area contributed by atoms with Gasteiger partial charge in [0.25, 0.3) is 0 Å². The van der Waals surface area contributed by atoms with E-state index in [1.165, 1.54) is 7.11 Å². The number of hydrogen-bond donors (Lipinski definition) is 1. The number of aliphatic hydroxyl groups excluding tert-OH is 1. The van der Waals surface area contributed by atoms with Gasteiger partial charge in [-0.25, -0.2) is 0 Å². The van der Waals surface area contributed by atoms with Gasteiger partial charge in [-0.15, -0.1) is 0 Å². The minimum atomic E-state index is -1.93. The van der Waals surface area contributed by atoms with E-state index in [9.17, 15) is 14.7 Å². The van der Waals surface area contributed by atoms with Crippen LogP contribution in [-0.2, 0) is 18.8 Å². The number of hydrogen-bond acceptors (Lipinski definition) is 5. The SMILES string of the molecule is CCCC[C@H]1[C@@H](/C=C/[C@H](O)CCC(=O)OC)[C@]23C(=O)C=C[C@@]2(O[Si](CC)(CC)CC)CC[C@H]13. The largest absolute Gasteiger partial charge is 0.469 e. The molecule has 0 amide bonds. The van der Waals surface area contributed by atoms with Crippen LogP contribution in [0.5, 0.6) is 0 Å². The number of methoxy groups -OCH3 is 1. The maximum atomic E-state index is 13.6. The van der Waals surface area contributed by atoms with E-state index < -0.39 is 25.4 Å². The third-order valence-electron chi connectivity index (χ3n) is 9.16. The van der Waals surface area contributed by atoms with Gasteiger partial charge in [0.15, 0.2) is 14.1 Å². The van der Waals surface area contributed by atoms with E-state index in [1.807, 2.05) is 6.08 Å². The zero-order valence-electron chi connectivity index (χ0n) is 21.3.